The number of hydrogen-bond acceptors (Lipinski definition) is 1. The van der Waals surface area contributed by atoms with E-state index in [1.54, 1.807) is 0 Å². The van der Waals surface area contributed by atoms with E-state index in [1.807, 2.05) is 13.8 Å². The molecule has 0 saturated carbocycles. The first kappa shape index (κ1) is 23.9. The lowest BCUT2D eigenvalue weighted by molar-refractivity contribution is 0.458. The predicted octanol–water partition coefficient (Wildman–Crippen LogP) is 7.70. The Morgan fingerprint density at radius 3 is 1.75 bits per heavy atom. The van der Waals surface area contributed by atoms with Gasteiger partial charge in [-0.2, -0.15) is 0 Å². The summed E-state index contributed by atoms with van der Waals surface area (Å²) in [5, 5.41) is 0. The third kappa shape index (κ3) is 14.3. The van der Waals surface area contributed by atoms with Crippen LogP contribution in [0.2, 0.25) is 0 Å². The van der Waals surface area contributed by atoms with E-state index in [4.69, 9.17) is 0 Å². The number of hydrogen-bond donors (Lipinski definition) is 1. The molecule has 0 rings (SSSR count). The minimum atomic E-state index is -2.86. The molecule has 0 spiro atoms. The average Bonchev–Trinajstić information content (AvgIpc) is 2.58. The van der Waals surface area contributed by atoms with Crippen LogP contribution in [-0.4, -0.2) is 16.7 Å². The van der Waals surface area contributed by atoms with Crippen LogP contribution in [0.5, 0.6) is 0 Å². The maximum Gasteiger partial charge on any atom is 0.203 e. The summed E-state index contributed by atoms with van der Waals surface area (Å²) < 4.78 is 11.8. The van der Waals surface area contributed by atoms with Crippen LogP contribution in [0.3, 0.4) is 0 Å². The van der Waals surface area contributed by atoms with E-state index >= 15 is 0 Å². The third-order valence-electron chi connectivity index (χ3n) is 5.03. The molecule has 1 N–H and O–H groups in total. The van der Waals surface area contributed by atoms with Gasteiger partial charge < -0.3 is 4.89 Å². The molecule has 2 nitrogen and oxygen atoms in total. The smallest absolute Gasteiger partial charge is 0.203 e. The van der Waals surface area contributed by atoms with Gasteiger partial charge in [0.1, 0.15) is 0 Å². The third-order valence-corrected chi connectivity index (χ3v) is 7.57. The van der Waals surface area contributed by atoms with Crippen molar-refractivity contribution in [2.75, 3.05) is 6.16 Å². The SMILES string of the molecule is CCCCCCCC/C=C\CCCCCCCC(C)P(=O)(O)CC. The summed E-state index contributed by atoms with van der Waals surface area (Å²) >= 11 is 0. The van der Waals surface area contributed by atoms with E-state index in [0.717, 1.165) is 12.8 Å². The molecule has 0 aliphatic heterocycles. The van der Waals surface area contributed by atoms with Gasteiger partial charge in [-0.3, -0.25) is 4.57 Å². The molecule has 0 aromatic rings. The van der Waals surface area contributed by atoms with Crippen LogP contribution in [0.4, 0.5) is 0 Å². The van der Waals surface area contributed by atoms with E-state index in [1.165, 1.54) is 77.0 Å². The fourth-order valence-corrected chi connectivity index (χ4v) is 4.23. The van der Waals surface area contributed by atoms with Crippen molar-refractivity contribution in [3.05, 3.63) is 12.2 Å². The molecule has 3 heteroatoms. The summed E-state index contributed by atoms with van der Waals surface area (Å²) in [6, 6.07) is 0. The first-order valence-corrected chi connectivity index (χ1v) is 12.4. The zero-order valence-corrected chi connectivity index (χ0v) is 17.5. The Labute approximate surface area is 152 Å². The molecule has 0 amide bonds. The Hall–Kier alpha value is -0.0700. The van der Waals surface area contributed by atoms with Crippen molar-refractivity contribution >= 4 is 7.37 Å². The van der Waals surface area contributed by atoms with Crippen LogP contribution in [0.25, 0.3) is 0 Å². The Morgan fingerprint density at radius 2 is 1.25 bits per heavy atom. The van der Waals surface area contributed by atoms with Gasteiger partial charge in [0.05, 0.1) is 0 Å². The Balaban J connectivity index is 3.30. The van der Waals surface area contributed by atoms with Crippen LogP contribution >= 0.6 is 7.37 Å². The standard InChI is InChI=1S/C21H43O2P/c1-4-6-7-8-9-10-11-12-13-14-15-16-17-18-19-20-21(3)24(22,23)5-2/h12-13,21H,4-11,14-20H2,1-3H3,(H,22,23)/b13-12-. The van der Waals surface area contributed by atoms with Gasteiger partial charge in [0.25, 0.3) is 0 Å². The van der Waals surface area contributed by atoms with Gasteiger partial charge >= 0.3 is 0 Å². The molecule has 2 atom stereocenters. The minimum Gasteiger partial charge on any atom is -0.344 e. The molecule has 2 unspecified atom stereocenters. The monoisotopic (exact) mass is 358 g/mol. The molecule has 0 aliphatic carbocycles. The highest BCUT2D eigenvalue weighted by Crippen LogP contribution is 2.47. The largest absolute Gasteiger partial charge is 0.344 e. The summed E-state index contributed by atoms with van der Waals surface area (Å²) in [6.07, 6.45) is 22.9. The van der Waals surface area contributed by atoms with Crippen LogP contribution < -0.4 is 0 Å². The second kappa shape index (κ2) is 16.4. The van der Waals surface area contributed by atoms with Crippen LogP contribution in [0.15, 0.2) is 12.2 Å². The number of allylic oxidation sites excluding steroid dienone is 2. The maximum absolute atomic E-state index is 11.8. The lowest BCUT2D eigenvalue weighted by Crippen LogP contribution is -2.05. The van der Waals surface area contributed by atoms with Crippen molar-refractivity contribution in [3.63, 3.8) is 0 Å². The van der Waals surface area contributed by atoms with Crippen LogP contribution in [-0.2, 0) is 4.57 Å². The van der Waals surface area contributed by atoms with Gasteiger partial charge in [-0.05, 0) is 32.1 Å². The number of unbranched alkanes of at least 4 members (excludes halogenated alkanes) is 11. The van der Waals surface area contributed by atoms with Crippen molar-refractivity contribution in [1.29, 1.82) is 0 Å². The Morgan fingerprint density at radius 1 is 0.792 bits per heavy atom. The molecule has 0 aromatic heterocycles. The molecule has 0 aliphatic rings. The van der Waals surface area contributed by atoms with Gasteiger partial charge in [-0.25, -0.2) is 0 Å². The fraction of sp³-hybridized carbons (Fsp3) is 0.905. The highest BCUT2D eigenvalue weighted by molar-refractivity contribution is 7.58. The molecule has 24 heavy (non-hydrogen) atoms. The molecule has 0 fully saturated rings. The topological polar surface area (TPSA) is 37.3 Å². The van der Waals surface area contributed by atoms with Crippen molar-refractivity contribution in [2.45, 2.75) is 116 Å². The number of rotatable bonds is 17. The lowest BCUT2D eigenvalue weighted by atomic mass is 10.1. The zero-order chi connectivity index (χ0) is 18.1. The van der Waals surface area contributed by atoms with Crippen molar-refractivity contribution in [2.24, 2.45) is 0 Å². The molecule has 0 heterocycles. The summed E-state index contributed by atoms with van der Waals surface area (Å²) in [7, 11) is -2.86. The molecular formula is C21H43O2P. The highest BCUT2D eigenvalue weighted by Gasteiger charge is 2.23. The Bertz CT molecular complexity index is 339. The van der Waals surface area contributed by atoms with Gasteiger partial charge in [-0.1, -0.05) is 90.7 Å². The summed E-state index contributed by atoms with van der Waals surface area (Å²) in [5.74, 6) is 0. The van der Waals surface area contributed by atoms with Crippen molar-refractivity contribution < 1.29 is 9.46 Å². The van der Waals surface area contributed by atoms with E-state index in [2.05, 4.69) is 19.1 Å². The van der Waals surface area contributed by atoms with Gasteiger partial charge in [-0.15, -0.1) is 0 Å². The van der Waals surface area contributed by atoms with Crippen molar-refractivity contribution in [3.8, 4) is 0 Å². The van der Waals surface area contributed by atoms with E-state index in [0.29, 0.717) is 6.16 Å². The van der Waals surface area contributed by atoms with E-state index < -0.39 is 7.37 Å². The molecule has 0 radical (unpaired) electrons. The van der Waals surface area contributed by atoms with Crippen LogP contribution in [0, 0.1) is 0 Å². The summed E-state index contributed by atoms with van der Waals surface area (Å²) in [6.45, 7) is 6.01. The molecule has 0 bridgehead atoms. The molecular weight excluding hydrogens is 315 g/mol. The summed E-state index contributed by atoms with van der Waals surface area (Å²) in [5.41, 5.74) is -0.0209. The molecule has 144 valence electrons. The van der Waals surface area contributed by atoms with Gasteiger partial charge in [0.2, 0.25) is 7.37 Å². The van der Waals surface area contributed by atoms with E-state index in [-0.39, 0.29) is 5.66 Å². The molecule has 0 aromatic carbocycles. The fourth-order valence-electron chi connectivity index (χ4n) is 3.02. The molecule has 0 saturated heterocycles. The zero-order valence-electron chi connectivity index (χ0n) is 16.6. The summed E-state index contributed by atoms with van der Waals surface area (Å²) in [4.78, 5) is 9.75. The second-order valence-electron chi connectivity index (χ2n) is 7.29. The van der Waals surface area contributed by atoms with Gasteiger partial charge in [0, 0.05) is 11.8 Å². The first-order valence-electron chi connectivity index (χ1n) is 10.5. The lowest BCUT2D eigenvalue weighted by Gasteiger charge is -2.17. The van der Waals surface area contributed by atoms with Gasteiger partial charge in [0.15, 0.2) is 0 Å². The second-order valence-corrected chi connectivity index (χ2v) is 10.3. The minimum absolute atomic E-state index is 0.0209. The van der Waals surface area contributed by atoms with Crippen molar-refractivity contribution in [1.82, 2.24) is 0 Å². The maximum atomic E-state index is 11.8. The van der Waals surface area contributed by atoms with Crippen LogP contribution in [0.1, 0.15) is 111 Å². The normalized spacial score (nSPS) is 15.7. The van der Waals surface area contributed by atoms with E-state index in [9.17, 15) is 9.46 Å². The highest BCUT2D eigenvalue weighted by atomic mass is 31.2. The quantitative estimate of drug-likeness (QED) is 0.164. The predicted molar refractivity (Wildman–Crippen MR) is 109 cm³/mol. The first-order chi connectivity index (χ1) is 11.5. The Kier molecular flexibility index (Phi) is 16.4. The average molecular weight is 359 g/mol.